The van der Waals surface area contributed by atoms with Crippen LogP contribution < -0.4 is 4.52 Å². The number of nitrogens with zero attached hydrogens (tertiary/aromatic N) is 2. The van der Waals surface area contributed by atoms with Crippen LogP contribution in [0.2, 0.25) is 0 Å². The predicted molar refractivity (Wildman–Crippen MR) is 75.5 cm³/mol. The van der Waals surface area contributed by atoms with Crippen LogP contribution in [0.3, 0.4) is 0 Å². The Morgan fingerprint density at radius 1 is 1.12 bits per heavy atom. The summed E-state index contributed by atoms with van der Waals surface area (Å²) in [7, 11) is -1.12. The molecule has 1 unspecified atom stereocenters. The van der Waals surface area contributed by atoms with Crippen LogP contribution in [0.5, 0.6) is 5.75 Å². The van der Waals surface area contributed by atoms with Gasteiger partial charge >= 0.3 is 0 Å². The van der Waals surface area contributed by atoms with Gasteiger partial charge in [0.25, 0.3) is 7.44 Å². The number of rotatable bonds is 4. The minimum atomic E-state index is -2.64. The maximum atomic E-state index is 12.2. The van der Waals surface area contributed by atoms with Crippen molar-refractivity contribution in [2.24, 2.45) is 4.52 Å². The molecule has 0 spiro atoms. The van der Waals surface area contributed by atoms with E-state index in [-0.39, 0.29) is 0 Å². The molecule has 0 bridgehead atoms. The number of hydrogen-bond donors (Lipinski definition) is 0. The van der Waals surface area contributed by atoms with Gasteiger partial charge in [0, 0.05) is 20.0 Å². The maximum Gasteiger partial charge on any atom is 0.255 e. The second-order valence-electron chi connectivity index (χ2n) is 4.47. The summed E-state index contributed by atoms with van der Waals surface area (Å²) >= 11 is 0. The first kappa shape index (κ1) is 14.5. The van der Waals surface area contributed by atoms with E-state index in [1.165, 1.54) is 0 Å². The van der Waals surface area contributed by atoms with Crippen molar-refractivity contribution < 1.29 is 9.09 Å². The molecule has 0 aliphatic heterocycles. The minimum absolute atomic E-state index is 0.772. The Balaban J connectivity index is 2.96. The van der Waals surface area contributed by atoms with E-state index in [1.54, 1.807) is 25.4 Å². The molecule has 0 fully saturated rings. The third-order valence-corrected chi connectivity index (χ3v) is 7.39. The summed E-state index contributed by atoms with van der Waals surface area (Å²) < 4.78 is 24.1. The van der Waals surface area contributed by atoms with Crippen molar-refractivity contribution >= 4 is 14.7 Å². The lowest BCUT2D eigenvalue weighted by molar-refractivity contribution is 0.521. The Hall–Kier alpha value is -0.560. The van der Waals surface area contributed by atoms with Crippen molar-refractivity contribution in [2.75, 3.05) is 34.1 Å². The average Bonchev–Trinajstić information content (AvgIpc) is 2.16. The molecule has 1 rings (SSSR count). The SMILES string of the molecule is CN(C)P(C)(=O)N=P(C)(C)Oc1ccccc1. The van der Waals surface area contributed by atoms with E-state index >= 15 is 0 Å². The molecule has 0 N–H and O–H groups in total. The summed E-state index contributed by atoms with van der Waals surface area (Å²) in [5.74, 6) is 0.772. The summed E-state index contributed by atoms with van der Waals surface area (Å²) in [4.78, 5) is 0. The second-order valence-corrected chi connectivity index (χ2v) is 10.4. The van der Waals surface area contributed by atoms with E-state index in [2.05, 4.69) is 4.52 Å². The Kier molecular flexibility index (Phi) is 4.60. The average molecular weight is 274 g/mol. The van der Waals surface area contributed by atoms with Crippen molar-refractivity contribution in [1.29, 1.82) is 0 Å². The van der Waals surface area contributed by atoms with Crippen molar-refractivity contribution in [3.05, 3.63) is 30.3 Å². The van der Waals surface area contributed by atoms with E-state index in [1.807, 2.05) is 43.7 Å². The van der Waals surface area contributed by atoms with Gasteiger partial charge < -0.3 is 4.52 Å². The van der Waals surface area contributed by atoms with Gasteiger partial charge in [0.15, 0.2) is 0 Å². The highest BCUT2D eigenvalue weighted by atomic mass is 31.2. The van der Waals surface area contributed by atoms with E-state index in [4.69, 9.17) is 4.52 Å². The van der Waals surface area contributed by atoms with E-state index in [9.17, 15) is 4.57 Å². The van der Waals surface area contributed by atoms with E-state index in [0.29, 0.717) is 0 Å². The summed E-state index contributed by atoms with van der Waals surface area (Å²) in [5.41, 5.74) is 0. The van der Waals surface area contributed by atoms with Gasteiger partial charge in [0.1, 0.15) is 13.0 Å². The van der Waals surface area contributed by atoms with E-state index in [0.717, 1.165) is 5.75 Å². The highest BCUT2D eigenvalue weighted by Gasteiger charge is 2.21. The molecule has 17 heavy (non-hydrogen) atoms. The normalized spacial score (nSPS) is 15.4. The Bertz CT molecular complexity index is 466. The molecule has 0 aliphatic rings. The fourth-order valence-electron chi connectivity index (χ4n) is 1.24. The molecule has 1 aromatic rings. The predicted octanol–water partition coefficient (Wildman–Crippen LogP) is 3.83. The zero-order chi connectivity index (χ0) is 13.1. The largest absolute Gasteiger partial charge is 0.460 e. The first-order chi connectivity index (χ1) is 7.73. The lowest BCUT2D eigenvalue weighted by atomic mass is 10.3. The molecule has 0 heterocycles. The Morgan fingerprint density at radius 2 is 1.65 bits per heavy atom. The fraction of sp³-hybridized carbons (Fsp3) is 0.455. The van der Waals surface area contributed by atoms with Gasteiger partial charge in [-0.15, -0.1) is 0 Å². The van der Waals surface area contributed by atoms with Crippen LogP contribution in [0.25, 0.3) is 0 Å². The van der Waals surface area contributed by atoms with Crippen LogP contribution in [-0.4, -0.2) is 38.8 Å². The summed E-state index contributed by atoms with van der Waals surface area (Å²) in [5, 5.41) is 0. The molecule has 96 valence electrons. The second kappa shape index (κ2) is 5.39. The van der Waals surface area contributed by atoms with Gasteiger partial charge in [-0.1, -0.05) is 18.2 Å². The van der Waals surface area contributed by atoms with Crippen LogP contribution in [0.15, 0.2) is 34.8 Å². The molecule has 4 nitrogen and oxygen atoms in total. The highest BCUT2D eigenvalue weighted by molar-refractivity contribution is 7.71. The maximum absolute atomic E-state index is 12.2. The molecule has 0 amide bonds. The van der Waals surface area contributed by atoms with Gasteiger partial charge in [0.05, 0.1) is 0 Å². The standard InChI is InChI=1S/C11H20N2O2P2/c1-13(2)17(5,14)12-16(3,4)15-11-9-7-6-8-10-11/h6-10H,1-5H3. The van der Waals surface area contributed by atoms with Crippen molar-refractivity contribution in [3.8, 4) is 5.75 Å². The van der Waals surface area contributed by atoms with Gasteiger partial charge in [-0.2, -0.15) is 4.52 Å². The quantitative estimate of drug-likeness (QED) is 0.784. The molecule has 0 saturated carbocycles. The zero-order valence-corrected chi connectivity index (χ0v) is 12.8. The lowest BCUT2D eigenvalue weighted by Crippen LogP contribution is -2.05. The summed E-state index contributed by atoms with van der Waals surface area (Å²) in [6.07, 6.45) is 0. The number of para-hydroxylation sites is 1. The topological polar surface area (TPSA) is 41.9 Å². The van der Waals surface area contributed by atoms with Crippen molar-refractivity contribution in [3.63, 3.8) is 0 Å². The lowest BCUT2D eigenvalue weighted by Gasteiger charge is -2.22. The van der Waals surface area contributed by atoms with Gasteiger partial charge in [-0.05, 0) is 26.2 Å². The molecular formula is C11H20N2O2P2. The minimum Gasteiger partial charge on any atom is -0.460 e. The summed E-state index contributed by atoms with van der Waals surface area (Å²) in [6, 6.07) is 9.51. The third-order valence-electron chi connectivity index (χ3n) is 2.20. The van der Waals surface area contributed by atoms with Crippen LogP contribution in [-0.2, 0) is 4.57 Å². The van der Waals surface area contributed by atoms with Gasteiger partial charge in [-0.3, -0.25) is 4.57 Å². The molecule has 6 heteroatoms. The summed E-state index contributed by atoms with van der Waals surface area (Å²) in [6.45, 7) is 5.49. The zero-order valence-electron chi connectivity index (χ0n) is 11.0. The highest BCUT2D eigenvalue weighted by Crippen LogP contribution is 2.57. The first-order valence-electron chi connectivity index (χ1n) is 5.32. The Labute approximate surface area is 104 Å². The van der Waals surface area contributed by atoms with Crippen molar-refractivity contribution in [1.82, 2.24) is 4.67 Å². The third kappa shape index (κ3) is 4.67. The first-order valence-corrected chi connectivity index (χ1v) is 9.93. The molecule has 0 aliphatic carbocycles. The number of hydrogen-bond acceptors (Lipinski definition) is 2. The van der Waals surface area contributed by atoms with Crippen LogP contribution in [0.1, 0.15) is 0 Å². The molecule has 0 radical (unpaired) electrons. The molecule has 0 aromatic heterocycles. The molecule has 0 saturated heterocycles. The monoisotopic (exact) mass is 274 g/mol. The number of benzene rings is 1. The van der Waals surface area contributed by atoms with Crippen LogP contribution in [0.4, 0.5) is 0 Å². The fourth-order valence-corrected chi connectivity index (χ4v) is 5.86. The van der Waals surface area contributed by atoms with E-state index < -0.39 is 14.7 Å². The Morgan fingerprint density at radius 3 is 2.12 bits per heavy atom. The van der Waals surface area contributed by atoms with Crippen molar-refractivity contribution in [2.45, 2.75) is 0 Å². The van der Waals surface area contributed by atoms with Crippen LogP contribution in [0, 0.1) is 0 Å². The molecular weight excluding hydrogens is 254 g/mol. The van der Waals surface area contributed by atoms with Crippen LogP contribution >= 0.6 is 14.7 Å². The smallest absolute Gasteiger partial charge is 0.255 e. The molecule has 1 atom stereocenters. The molecule has 1 aromatic carbocycles. The van der Waals surface area contributed by atoms with Gasteiger partial charge in [-0.25, -0.2) is 4.67 Å². The van der Waals surface area contributed by atoms with Gasteiger partial charge in [0.2, 0.25) is 0 Å².